The predicted octanol–water partition coefficient (Wildman–Crippen LogP) is 2.68. The molecule has 2 aromatic carbocycles. The molecule has 2 aromatic rings. The molecule has 0 radical (unpaired) electrons. The molecule has 0 saturated carbocycles. The summed E-state index contributed by atoms with van der Waals surface area (Å²) in [7, 11) is 6.22. The Bertz CT molecular complexity index is 775. The van der Waals surface area contributed by atoms with Gasteiger partial charge in [-0.05, 0) is 50.3 Å². The van der Waals surface area contributed by atoms with Crippen LogP contribution in [0.15, 0.2) is 48.5 Å². The van der Waals surface area contributed by atoms with Crippen LogP contribution in [0.1, 0.15) is 16.7 Å². The van der Waals surface area contributed by atoms with Gasteiger partial charge < -0.3 is 20.0 Å². The first-order chi connectivity index (χ1) is 13.5. The molecule has 0 fully saturated rings. The molecule has 0 atom stereocenters. The zero-order valence-electron chi connectivity index (χ0n) is 17.3. The van der Waals surface area contributed by atoms with Crippen LogP contribution in [0.25, 0.3) is 0 Å². The molecule has 1 heterocycles. The first kappa shape index (κ1) is 20.4. The minimum Gasteiger partial charge on any atom is -0.376 e. The number of nitrogens with zero attached hydrogens (tertiary/aromatic N) is 3. The molecular formula is C23H32N4O. The summed E-state index contributed by atoms with van der Waals surface area (Å²) in [6.07, 6.45) is 1.07. The largest absolute Gasteiger partial charge is 0.376 e. The molecule has 0 unspecified atom stereocenters. The van der Waals surface area contributed by atoms with Gasteiger partial charge in [0, 0.05) is 38.4 Å². The highest BCUT2D eigenvalue weighted by molar-refractivity contribution is 5.81. The highest BCUT2D eigenvalue weighted by Crippen LogP contribution is 2.25. The number of likely N-dealkylation sites (N-methyl/N-ethyl adjacent to an activating group) is 2. The maximum atomic E-state index is 13.0. The smallest absolute Gasteiger partial charge is 0.242 e. The van der Waals surface area contributed by atoms with E-state index < -0.39 is 0 Å². The van der Waals surface area contributed by atoms with Gasteiger partial charge in [0.05, 0.1) is 6.54 Å². The van der Waals surface area contributed by atoms with Crippen LogP contribution < -0.4 is 5.32 Å². The van der Waals surface area contributed by atoms with E-state index in [-0.39, 0.29) is 5.91 Å². The fraction of sp³-hybridized carbons (Fsp3) is 0.435. The van der Waals surface area contributed by atoms with Crippen molar-refractivity contribution in [3.8, 4) is 0 Å². The second kappa shape index (κ2) is 9.71. The molecule has 150 valence electrons. The number of amides is 1. The summed E-state index contributed by atoms with van der Waals surface area (Å²) in [4.78, 5) is 19.4. The van der Waals surface area contributed by atoms with Gasteiger partial charge in [-0.1, -0.05) is 42.5 Å². The van der Waals surface area contributed by atoms with Gasteiger partial charge in [-0.2, -0.15) is 0 Å². The average Bonchev–Trinajstić information content (AvgIpc) is 2.70. The Morgan fingerprint density at radius 2 is 1.86 bits per heavy atom. The lowest BCUT2D eigenvalue weighted by Gasteiger charge is -2.28. The van der Waals surface area contributed by atoms with E-state index in [0.29, 0.717) is 13.1 Å². The number of benzene rings is 2. The number of carbonyl (C=O) groups excluding carboxylic acids is 1. The number of rotatable bonds is 8. The van der Waals surface area contributed by atoms with Crippen LogP contribution in [-0.2, 0) is 24.3 Å². The van der Waals surface area contributed by atoms with Crippen molar-refractivity contribution in [2.75, 3.05) is 52.6 Å². The Hall–Kier alpha value is -2.37. The van der Waals surface area contributed by atoms with Crippen LogP contribution >= 0.6 is 0 Å². The van der Waals surface area contributed by atoms with Crippen molar-refractivity contribution >= 4 is 11.6 Å². The van der Waals surface area contributed by atoms with E-state index in [4.69, 9.17) is 0 Å². The predicted molar refractivity (Wildman–Crippen MR) is 115 cm³/mol. The first-order valence-electron chi connectivity index (χ1n) is 10.0. The molecule has 5 heteroatoms. The number of nitrogens with one attached hydrogen (secondary N) is 1. The summed E-state index contributed by atoms with van der Waals surface area (Å²) in [5, 5.41) is 3.42. The van der Waals surface area contributed by atoms with Crippen molar-refractivity contribution in [2.45, 2.75) is 19.5 Å². The highest BCUT2D eigenvalue weighted by Gasteiger charge is 2.18. The van der Waals surface area contributed by atoms with Crippen LogP contribution in [0.2, 0.25) is 0 Å². The monoisotopic (exact) mass is 380 g/mol. The molecule has 5 nitrogen and oxygen atoms in total. The third-order valence-corrected chi connectivity index (χ3v) is 5.28. The van der Waals surface area contributed by atoms with Crippen molar-refractivity contribution in [3.05, 3.63) is 65.2 Å². The van der Waals surface area contributed by atoms with Gasteiger partial charge in [0.15, 0.2) is 0 Å². The van der Waals surface area contributed by atoms with Gasteiger partial charge in [0.1, 0.15) is 0 Å². The molecule has 0 saturated heterocycles. The molecule has 1 aliphatic heterocycles. The normalized spacial score (nSPS) is 14.0. The summed E-state index contributed by atoms with van der Waals surface area (Å²) >= 11 is 0. The van der Waals surface area contributed by atoms with Gasteiger partial charge in [0.25, 0.3) is 0 Å². The molecule has 1 N–H and O–H groups in total. The summed E-state index contributed by atoms with van der Waals surface area (Å²) < 4.78 is 0. The lowest BCUT2D eigenvalue weighted by molar-refractivity contribution is -0.130. The van der Waals surface area contributed by atoms with Crippen LogP contribution in [0.5, 0.6) is 0 Å². The van der Waals surface area contributed by atoms with E-state index in [1.165, 1.54) is 11.1 Å². The van der Waals surface area contributed by atoms with Crippen molar-refractivity contribution in [3.63, 3.8) is 0 Å². The molecule has 0 aromatic heterocycles. The van der Waals surface area contributed by atoms with Crippen LogP contribution in [-0.4, -0.2) is 67.9 Å². The molecular weight excluding hydrogens is 348 g/mol. The molecule has 0 aliphatic carbocycles. The Morgan fingerprint density at radius 3 is 2.61 bits per heavy atom. The molecule has 0 bridgehead atoms. The number of fused-ring (bicyclic) bond motifs is 1. The van der Waals surface area contributed by atoms with Crippen molar-refractivity contribution < 1.29 is 4.79 Å². The first-order valence-corrected chi connectivity index (χ1v) is 10.0. The van der Waals surface area contributed by atoms with Crippen molar-refractivity contribution in [1.82, 2.24) is 14.7 Å². The molecule has 28 heavy (non-hydrogen) atoms. The van der Waals surface area contributed by atoms with E-state index in [2.05, 4.69) is 52.5 Å². The van der Waals surface area contributed by atoms with Crippen molar-refractivity contribution in [2.24, 2.45) is 0 Å². The minimum atomic E-state index is 0.132. The molecule has 1 aliphatic rings. The number of carbonyl (C=O) groups is 1. The van der Waals surface area contributed by atoms with E-state index >= 15 is 0 Å². The molecule has 0 spiro atoms. The van der Waals surface area contributed by atoms with Gasteiger partial charge >= 0.3 is 0 Å². The number of anilines is 1. The maximum Gasteiger partial charge on any atom is 0.242 e. The number of hydrogen-bond acceptors (Lipinski definition) is 4. The second-order valence-corrected chi connectivity index (χ2v) is 7.89. The quantitative estimate of drug-likeness (QED) is 0.764. The number of hydrogen-bond donors (Lipinski definition) is 1. The van der Waals surface area contributed by atoms with Crippen LogP contribution in [0.4, 0.5) is 5.69 Å². The fourth-order valence-corrected chi connectivity index (χ4v) is 3.58. The second-order valence-electron chi connectivity index (χ2n) is 7.89. The topological polar surface area (TPSA) is 38.8 Å². The molecule has 1 amide bonds. The standard InChI is InChI=1S/C23H32N4O/c1-25(2)14-15-27(17-19-8-5-4-6-9-19)23(28)16-24-22-11-7-10-20-12-13-26(3)18-21(20)22/h4-11,24H,12-18H2,1-3H3. The lowest BCUT2D eigenvalue weighted by atomic mass is 9.98. The van der Waals surface area contributed by atoms with E-state index in [0.717, 1.165) is 43.9 Å². The Kier molecular flexibility index (Phi) is 7.06. The summed E-state index contributed by atoms with van der Waals surface area (Å²) in [5.74, 6) is 0.132. The third kappa shape index (κ3) is 5.57. The summed E-state index contributed by atoms with van der Waals surface area (Å²) in [6, 6.07) is 16.6. The minimum absolute atomic E-state index is 0.132. The highest BCUT2D eigenvalue weighted by atomic mass is 16.2. The summed E-state index contributed by atoms with van der Waals surface area (Å²) in [6.45, 7) is 4.55. The zero-order valence-corrected chi connectivity index (χ0v) is 17.3. The SMILES string of the molecule is CN(C)CCN(Cc1ccccc1)C(=O)CNc1cccc2c1CN(C)CC2. The van der Waals surface area contributed by atoms with E-state index in [1.54, 1.807) is 0 Å². The van der Waals surface area contributed by atoms with Gasteiger partial charge in [-0.15, -0.1) is 0 Å². The lowest BCUT2D eigenvalue weighted by Crippen LogP contribution is -2.39. The van der Waals surface area contributed by atoms with Crippen LogP contribution in [0.3, 0.4) is 0 Å². The van der Waals surface area contributed by atoms with Gasteiger partial charge in [-0.3, -0.25) is 4.79 Å². The van der Waals surface area contributed by atoms with Gasteiger partial charge in [0.2, 0.25) is 5.91 Å². The van der Waals surface area contributed by atoms with Crippen LogP contribution in [0, 0.1) is 0 Å². The van der Waals surface area contributed by atoms with Crippen molar-refractivity contribution in [1.29, 1.82) is 0 Å². The third-order valence-electron chi connectivity index (χ3n) is 5.28. The zero-order chi connectivity index (χ0) is 19.9. The fourth-order valence-electron chi connectivity index (χ4n) is 3.58. The Labute approximate surface area is 168 Å². The Balaban J connectivity index is 1.66. The van der Waals surface area contributed by atoms with E-state index in [1.807, 2.05) is 37.2 Å². The summed E-state index contributed by atoms with van der Waals surface area (Å²) in [5.41, 5.74) is 4.97. The Morgan fingerprint density at radius 1 is 1.07 bits per heavy atom. The van der Waals surface area contributed by atoms with Gasteiger partial charge in [-0.25, -0.2) is 0 Å². The average molecular weight is 381 g/mol. The molecule has 3 rings (SSSR count). The van der Waals surface area contributed by atoms with E-state index in [9.17, 15) is 4.79 Å². The maximum absolute atomic E-state index is 13.0.